The van der Waals surface area contributed by atoms with Gasteiger partial charge in [0.1, 0.15) is 5.82 Å². The summed E-state index contributed by atoms with van der Waals surface area (Å²) in [6.07, 6.45) is -4.74. The highest BCUT2D eigenvalue weighted by molar-refractivity contribution is 6.30. The van der Waals surface area contributed by atoms with Crippen LogP contribution in [-0.4, -0.2) is 10.5 Å². The third-order valence-corrected chi connectivity index (χ3v) is 6.23. The van der Waals surface area contributed by atoms with Crippen LogP contribution in [0.4, 0.5) is 17.6 Å². The fourth-order valence-corrected chi connectivity index (χ4v) is 4.51. The van der Waals surface area contributed by atoms with Crippen molar-refractivity contribution in [1.82, 2.24) is 4.57 Å². The number of benzene rings is 4. The standard InChI is InChI=1S/C27H16ClF4N2O/c28-17-10-7-15(8-11-17)16-9-12-18-24(13-16)34(23-6-1-3-19(25(18)23)26(33)35)14-20-21(27(30,31)32)4-2-5-22(20)29/h1-11,13H,14H2,(H2,33,35). The molecule has 5 aromatic rings. The summed E-state index contributed by atoms with van der Waals surface area (Å²) < 4.78 is 57.5. The third-order valence-electron chi connectivity index (χ3n) is 5.98. The van der Waals surface area contributed by atoms with E-state index in [-0.39, 0.29) is 5.56 Å². The minimum absolute atomic E-state index is 0.200. The van der Waals surface area contributed by atoms with E-state index < -0.39 is 35.6 Å². The van der Waals surface area contributed by atoms with E-state index in [0.717, 1.165) is 29.3 Å². The van der Waals surface area contributed by atoms with Crippen LogP contribution in [0.15, 0.2) is 72.8 Å². The molecule has 0 atom stereocenters. The molecule has 0 unspecified atom stereocenters. The predicted molar refractivity (Wildman–Crippen MR) is 128 cm³/mol. The molecule has 1 heterocycles. The van der Waals surface area contributed by atoms with Crippen molar-refractivity contribution in [3.8, 4) is 11.1 Å². The van der Waals surface area contributed by atoms with Crippen LogP contribution < -0.4 is 5.73 Å². The number of fused-ring (bicyclic) bond motifs is 3. The van der Waals surface area contributed by atoms with Gasteiger partial charge in [-0.1, -0.05) is 35.9 Å². The normalized spacial score (nSPS) is 11.9. The predicted octanol–water partition coefficient (Wildman–Crippen LogP) is 7.22. The summed E-state index contributed by atoms with van der Waals surface area (Å²) in [5.74, 6) is -1.66. The van der Waals surface area contributed by atoms with Gasteiger partial charge in [0, 0.05) is 26.9 Å². The summed E-state index contributed by atoms with van der Waals surface area (Å²) in [6.45, 7) is -0.415. The Hall–Kier alpha value is -3.84. The smallest absolute Gasteiger partial charge is 0.366 e. The van der Waals surface area contributed by atoms with Gasteiger partial charge in [-0.3, -0.25) is 4.79 Å². The van der Waals surface area contributed by atoms with Crippen molar-refractivity contribution < 1.29 is 22.4 Å². The van der Waals surface area contributed by atoms with Crippen LogP contribution in [0.5, 0.6) is 0 Å². The van der Waals surface area contributed by atoms with Crippen molar-refractivity contribution in [3.05, 3.63) is 106 Å². The van der Waals surface area contributed by atoms with E-state index >= 15 is 0 Å². The quantitative estimate of drug-likeness (QED) is 0.263. The van der Waals surface area contributed by atoms with Crippen LogP contribution in [0.1, 0.15) is 21.5 Å². The Morgan fingerprint density at radius 2 is 1.69 bits per heavy atom. The van der Waals surface area contributed by atoms with Gasteiger partial charge in [-0.25, -0.2) is 4.39 Å². The monoisotopic (exact) mass is 495 g/mol. The summed E-state index contributed by atoms with van der Waals surface area (Å²) in [7, 11) is 0. The number of hydrogen-bond donors (Lipinski definition) is 1. The third kappa shape index (κ3) is 4.02. The highest BCUT2D eigenvalue weighted by Crippen LogP contribution is 2.38. The van der Waals surface area contributed by atoms with Crippen LogP contribution in [0, 0.1) is 11.9 Å². The first kappa shape index (κ1) is 22.9. The number of carbonyl (C=O) groups is 1. The second-order valence-electron chi connectivity index (χ2n) is 8.07. The van der Waals surface area contributed by atoms with Gasteiger partial charge in [-0.05, 0) is 65.7 Å². The topological polar surface area (TPSA) is 48.0 Å². The van der Waals surface area contributed by atoms with Crippen molar-refractivity contribution in [2.75, 3.05) is 0 Å². The second-order valence-corrected chi connectivity index (χ2v) is 8.51. The minimum Gasteiger partial charge on any atom is -0.366 e. The Balaban J connectivity index is 1.82. The summed E-state index contributed by atoms with van der Waals surface area (Å²) >= 11 is 5.99. The molecule has 0 spiro atoms. The van der Waals surface area contributed by atoms with Crippen molar-refractivity contribution >= 4 is 39.3 Å². The highest BCUT2D eigenvalue weighted by Gasteiger charge is 2.34. The van der Waals surface area contributed by atoms with E-state index in [1.807, 2.05) is 0 Å². The van der Waals surface area contributed by atoms with Gasteiger partial charge in [0.2, 0.25) is 5.91 Å². The SMILES string of the molecule is NC(=O)c1cccc2c1c1[c]cc(-c3ccc(Cl)cc3)cc1n2Cc1c(F)cccc1C(F)(F)F. The Morgan fingerprint density at radius 1 is 0.971 bits per heavy atom. The maximum atomic E-state index is 14.8. The second kappa shape index (κ2) is 8.43. The molecule has 1 radical (unpaired) electrons. The highest BCUT2D eigenvalue weighted by atomic mass is 35.5. The molecule has 0 fully saturated rings. The largest absolute Gasteiger partial charge is 0.416 e. The number of nitrogens with zero attached hydrogens (tertiary/aromatic N) is 1. The Bertz CT molecular complexity index is 1600. The molecule has 175 valence electrons. The number of amides is 1. The van der Waals surface area contributed by atoms with Gasteiger partial charge in [0.25, 0.3) is 0 Å². The molecule has 0 saturated heterocycles. The molecule has 1 aromatic heterocycles. The minimum atomic E-state index is -4.74. The zero-order valence-electron chi connectivity index (χ0n) is 18.0. The molecule has 3 nitrogen and oxygen atoms in total. The first-order chi connectivity index (χ1) is 16.6. The summed E-state index contributed by atoms with van der Waals surface area (Å²) in [4.78, 5) is 12.2. The number of primary amides is 1. The lowest BCUT2D eigenvalue weighted by Crippen LogP contribution is -2.14. The first-order valence-electron chi connectivity index (χ1n) is 10.5. The van der Waals surface area contributed by atoms with Gasteiger partial charge >= 0.3 is 6.18 Å². The average Bonchev–Trinajstić information content (AvgIpc) is 3.13. The van der Waals surface area contributed by atoms with E-state index in [0.29, 0.717) is 26.8 Å². The zero-order valence-corrected chi connectivity index (χ0v) is 18.7. The number of alkyl halides is 3. The Kier molecular flexibility index (Phi) is 5.52. The molecule has 0 aliphatic rings. The maximum Gasteiger partial charge on any atom is 0.416 e. The molecular weight excluding hydrogens is 480 g/mol. The fraction of sp³-hybridized carbons (Fsp3) is 0.0741. The Morgan fingerprint density at radius 3 is 2.37 bits per heavy atom. The molecule has 5 rings (SSSR count). The number of carbonyl (C=O) groups excluding carboxylic acids is 1. The lowest BCUT2D eigenvalue weighted by molar-refractivity contribution is -0.138. The number of nitrogens with two attached hydrogens (primary N) is 1. The van der Waals surface area contributed by atoms with Crippen molar-refractivity contribution in [2.24, 2.45) is 5.73 Å². The van der Waals surface area contributed by atoms with E-state index in [9.17, 15) is 22.4 Å². The molecule has 0 saturated carbocycles. The van der Waals surface area contributed by atoms with Crippen molar-refractivity contribution in [2.45, 2.75) is 12.7 Å². The molecule has 1 amide bonds. The number of aromatic nitrogens is 1. The molecule has 0 bridgehead atoms. The summed E-state index contributed by atoms with van der Waals surface area (Å²) in [5.41, 5.74) is 6.69. The number of rotatable bonds is 4. The molecule has 2 N–H and O–H groups in total. The van der Waals surface area contributed by atoms with E-state index in [1.165, 1.54) is 0 Å². The van der Waals surface area contributed by atoms with Crippen LogP contribution in [-0.2, 0) is 12.7 Å². The molecule has 0 aliphatic heterocycles. The van der Waals surface area contributed by atoms with Crippen LogP contribution in [0.3, 0.4) is 0 Å². The lowest BCUT2D eigenvalue weighted by Gasteiger charge is -2.16. The van der Waals surface area contributed by atoms with Crippen molar-refractivity contribution in [1.29, 1.82) is 0 Å². The lowest BCUT2D eigenvalue weighted by atomic mass is 10.0. The van der Waals surface area contributed by atoms with Gasteiger partial charge in [-0.2, -0.15) is 13.2 Å². The van der Waals surface area contributed by atoms with E-state index in [4.69, 9.17) is 17.3 Å². The van der Waals surface area contributed by atoms with Gasteiger partial charge < -0.3 is 10.3 Å². The molecule has 8 heteroatoms. The molecule has 35 heavy (non-hydrogen) atoms. The molecule has 0 aliphatic carbocycles. The maximum absolute atomic E-state index is 14.8. The zero-order chi connectivity index (χ0) is 24.9. The molecular formula is C27H16ClF4N2O. The number of hydrogen-bond acceptors (Lipinski definition) is 1. The van der Waals surface area contributed by atoms with Crippen LogP contribution in [0.25, 0.3) is 32.9 Å². The van der Waals surface area contributed by atoms with Gasteiger partial charge in [0.05, 0.1) is 23.1 Å². The van der Waals surface area contributed by atoms with Crippen LogP contribution >= 0.6 is 11.6 Å². The fourth-order valence-electron chi connectivity index (χ4n) is 4.38. The van der Waals surface area contributed by atoms with Gasteiger partial charge in [0.15, 0.2) is 0 Å². The van der Waals surface area contributed by atoms with Crippen LogP contribution in [0.2, 0.25) is 5.02 Å². The van der Waals surface area contributed by atoms with Crippen molar-refractivity contribution in [3.63, 3.8) is 0 Å². The molecule has 4 aromatic carbocycles. The average molecular weight is 496 g/mol. The summed E-state index contributed by atoms with van der Waals surface area (Å²) in [5, 5.41) is 1.50. The Labute approximate surface area is 202 Å². The van der Waals surface area contributed by atoms with E-state index in [2.05, 4.69) is 6.07 Å². The number of halogens is 5. The van der Waals surface area contributed by atoms with E-state index in [1.54, 1.807) is 59.2 Å². The first-order valence-corrected chi connectivity index (χ1v) is 10.9. The van der Waals surface area contributed by atoms with Gasteiger partial charge in [-0.15, -0.1) is 0 Å². The summed E-state index contributed by atoms with van der Waals surface area (Å²) in [6, 6.07) is 21.4.